The molecule has 3 nitrogen and oxygen atoms in total. The third-order valence-electron chi connectivity index (χ3n) is 2.79. The second-order valence-corrected chi connectivity index (χ2v) is 8.05. The van der Waals surface area contributed by atoms with Crippen molar-refractivity contribution >= 4 is 29.3 Å². The first-order valence-electron chi connectivity index (χ1n) is 6.61. The van der Waals surface area contributed by atoms with Crippen molar-refractivity contribution in [2.75, 3.05) is 7.11 Å². The SMILES string of the molecule is COc1ccc(Sc2ccc(C=[N+]([O-])C(C)(C)C)s2)cc1. The van der Waals surface area contributed by atoms with E-state index in [1.54, 1.807) is 36.4 Å². The fraction of sp³-hybridized carbons (Fsp3) is 0.312. The number of hydrogen-bond acceptors (Lipinski definition) is 4. The minimum atomic E-state index is -0.409. The van der Waals surface area contributed by atoms with Crippen LogP contribution in [0.25, 0.3) is 0 Å². The molecule has 0 aliphatic rings. The van der Waals surface area contributed by atoms with Gasteiger partial charge in [0.15, 0.2) is 11.8 Å². The quantitative estimate of drug-likeness (QED) is 0.356. The lowest BCUT2D eigenvalue weighted by molar-refractivity contribution is -0.530. The summed E-state index contributed by atoms with van der Waals surface area (Å²) in [7, 11) is 1.66. The van der Waals surface area contributed by atoms with Gasteiger partial charge in [-0.1, -0.05) is 11.8 Å². The van der Waals surface area contributed by atoms with Crippen molar-refractivity contribution in [2.24, 2.45) is 0 Å². The predicted octanol–water partition coefficient (Wildman–Crippen LogP) is 4.64. The Morgan fingerprint density at radius 3 is 2.38 bits per heavy atom. The Labute approximate surface area is 133 Å². The van der Waals surface area contributed by atoms with Gasteiger partial charge in [-0.05, 0) is 36.4 Å². The van der Waals surface area contributed by atoms with Gasteiger partial charge in [0.25, 0.3) is 0 Å². The lowest BCUT2D eigenvalue weighted by Crippen LogP contribution is -2.29. The molecular weight excluding hydrogens is 302 g/mol. The van der Waals surface area contributed by atoms with Crippen LogP contribution >= 0.6 is 23.1 Å². The van der Waals surface area contributed by atoms with Gasteiger partial charge in [0, 0.05) is 25.7 Å². The van der Waals surface area contributed by atoms with Crippen LogP contribution in [0.4, 0.5) is 0 Å². The Bertz CT molecular complexity index is 624. The van der Waals surface area contributed by atoms with E-state index in [0.29, 0.717) is 0 Å². The van der Waals surface area contributed by atoms with Crippen molar-refractivity contribution in [1.82, 2.24) is 0 Å². The average molecular weight is 321 g/mol. The molecule has 0 unspecified atom stereocenters. The Morgan fingerprint density at radius 2 is 1.81 bits per heavy atom. The fourth-order valence-corrected chi connectivity index (χ4v) is 3.57. The standard InChI is InChI=1S/C16H19NO2S2/c1-16(2,3)17(18)11-14-9-10-15(21-14)20-13-7-5-12(19-4)6-8-13/h5-11H,1-4H3. The monoisotopic (exact) mass is 321 g/mol. The van der Waals surface area contributed by atoms with Crippen LogP contribution < -0.4 is 4.74 Å². The summed E-state index contributed by atoms with van der Waals surface area (Å²) < 4.78 is 7.31. The second-order valence-electron chi connectivity index (χ2n) is 5.56. The molecular formula is C16H19NO2S2. The summed E-state index contributed by atoms with van der Waals surface area (Å²) in [6.07, 6.45) is 1.66. The highest BCUT2D eigenvalue weighted by Crippen LogP contribution is 2.33. The van der Waals surface area contributed by atoms with E-state index in [1.165, 1.54) is 0 Å². The van der Waals surface area contributed by atoms with E-state index in [9.17, 15) is 5.21 Å². The van der Waals surface area contributed by atoms with E-state index >= 15 is 0 Å². The third kappa shape index (κ3) is 4.51. The Morgan fingerprint density at radius 1 is 1.14 bits per heavy atom. The zero-order valence-electron chi connectivity index (χ0n) is 12.6. The molecule has 0 amide bonds. The Balaban J connectivity index is 2.09. The molecule has 21 heavy (non-hydrogen) atoms. The molecule has 1 aromatic carbocycles. The molecule has 2 aromatic rings. The first kappa shape index (κ1) is 15.9. The molecule has 1 heterocycles. The maximum Gasteiger partial charge on any atom is 0.192 e. The lowest BCUT2D eigenvalue weighted by atomic mass is 10.1. The number of hydrogen-bond donors (Lipinski definition) is 0. The molecule has 0 saturated carbocycles. The first-order valence-corrected chi connectivity index (χ1v) is 8.25. The highest BCUT2D eigenvalue weighted by atomic mass is 32.2. The molecule has 0 N–H and O–H groups in total. The van der Waals surface area contributed by atoms with Gasteiger partial charge in [-0.15, -0.1) is 11.3 Å². The van der Waals surface area contributed by atoms with Gasteiger partial charge in [-0.3, -0.25) is 0 Å². The summed E-state index contributed by atoms with van der Waals surface area (Å²) >= 11 is 3.30. The molecule has 2 rings (SSSR count). The fourth-order valence-electron chi connectivity index (χ4n) is 1.53. The van der Waals surface area contributed by atoms with Crippen molar-refractivity contribution in [3.05, 3.63) is 46.5 Å². The van der Waals surface area contributed by atoms with Crippen LogP contribution in [-0.2, 0) is 0 Å². The van der Waals surface area contributed by atoms with Crippen molar-refractivity contribution in [1.29, 1.82) is 0 Å². The minimum Gasteiger partial charge on any atom is -0.623 e. The lowest BCUT2D eigenvalue weighted by Gasteiger charge is -2.18. The summed E-state index contributed by atoms with van der Waals surface area (Å²) in [6, 6.07) is 12.0. The van der Waals surface area contributed by atoms with Gasteiger partial charge in [-0.25, -0.2) is 4.74 Å². The van der Waals surface area contributed by atoms with Crippen molar-refractivity contribution < 1.29 is 9.48 Å². The van der Waals surface area contributed by atoms with Crippen LogP contribution in [0.5, 0.6) is 5.75 Å². The molecule has 0 spiro atoms. The molecule has 0 bridgehead atoms. The summed E-state index contributed by atoms with van der Waals surface area (Å²) in [4.78, 5) is 2.12. The Hall–Kier alpha value is -1.46. The molecule has 0 fully saturated rings. The predicted molar refractivity (Wildman–Crippen MR) is 90.0 cm³/mol. The topological polar surface area (TPSA) is 35.3 Å². The van der Waals surface area contributed by atoms with Gasteiger partial charge in [0.1, 0.15) is 5.75 Å². The average Bonchev–Trinajstić information content (AvgIpc) is 2.86. The second kappa shape index (κ2) is 6.54. The molecule has 1 aromatic heterocycles. The van der Waals surface area contributed by atoms with Crippen LogP contribution in [0.2, 0.25) is 0 Å². The van der Waals surface area contributed by atoms with E-state index in [2.05, 4.69) is 0 Å². The minimum absolute atomic E-state index is 0.409. The highest BCUT2D eigenvalue weighted by molar-refractivity contribution is 8.01. The van der Waals surface area contributed by atoms with Gasteiger partial charge < -0.3 is 9.94 Å². The third-order valence-corrected chi connectivity index (χ3v) is 4.95. The van der Waals surface area contributed by atoms with Crippen molar-refractivity contribution in [2.45, 2.75) is 35.4 Å². The number of benzene rings is 1. The van der Waals surface area contributed by atoms with Gasteiger partial charge >= 0.3 is 0 Å². The normalized spacial score (nSPS) is 12.5. The molecule has 112 valence electrons. The largest absolute Gasteiger partial charge is 0.623 e. The Kier molecular flexibility index (Phi) is 4.96. The van der Waals surface area contributed by atoms with Gasteiger partial charge in [-0.2, -0.15) is 0 Å². The maximum atomic E-state index is 11.9. The van der Waals surface area contributed by atoms with Crippen LogP contribution in [0, 0.1) is 5.21 Å². The summed E-state index contributed by atoms with van der Waals surface area (Å²) in [5.41, 5.74) is -0.409. The molecule has 0 atom stereocenters. The molecule has 0 aliphatic carbocycles. The molecule has 0 aliphatic heterocycles. The number of ether oxygens (including phenoxy) is 1. The number of hydroxylamine groups is 1. The molecule has 0 saturated heterocycles. The smallest absolute Gasteiger partial charge is 0.192 e. The number of rotatable bonds is 4. The van der Waals surface area contributed by atoms with E-state index in [-0.39, 0.29) is 0 Å². The van der Waals surface area contributed by atoms with Gasteiger partial charge in [0.2, 0.25) is 0 Å². The van der Waals surface area contributed by atoms with E-state index in [0.717, 1.165) is 24.5 Å². The van der Waals surface area contributed by atoms with Crippen LogP contribution in [0.3, 0.4) is 0 Å². The number of nitrogens with zero attached hydrogens (tertiary/aromatic N) is 1. The summed E-state index contributed by atoms with van der Waals surface area (Å²) in [5, 5.41) is 11.9. The van der Waals surface area contributed by atoms with E-state index in [1.807, 2.05) is 57.2 Å². The van der Waals surface area contributed by atoms with Crippen molar-refractivity contribution in [3.63, 3.8) is 0 Å². The van der Waals surface area contributed by atoms with Crippen molar-refractivity contribution in [3.8, 4) is 5.75 Å². The zero-order valence-corrected chi connectivity index (χ0v) is 14.3. The number of thiophene rings is 1. The summed E-state index contributed by atoms with van der Waals surface area (Å²) in [5.74, 6) is 0.853. The van der Waals surface area contributed by atoms with Crippen LogP contribution in [-0.4, -0.2) is 23.6 Å². The van der Waals surface area contributed by atoms with E-state index in [4.69, 9.17) is 4.74 Å². The van der Waals surface area contributed by atoms with Crippen LogP contribution in [0.1, 0.15) is 25.6 Å². The zero-order chi connectivity index (χ0) is 15.5. The maximum absolute atomic E-state index is 11.9. The van der Waals surface area contributed by atoms with Crippen LogP contribution in [0.15, 0.2) is 45.5 Å². The molecule has 5 heteroatoms. The first-order chi connectivity index (χ1) is 9.88. The van der Waals surface area contributed by atoms with E-state index < -0.39 is 5.54 Å². The number of methoxy groups -OCH3 is 1. The molecule has 0 radical (unpaired) electrons. The summed E-state index contributed by atoms with van der Waals surface area (Å²) in [6.45, 7) is 5.70. The van der Waals surface area contributed by atoms with Gasteiger partial charge in [0.05, 0.1) is 16.2 Å². The highest BCUT2D eigenvalue weighted by Gasteiger charge is 2.18.